The normalized spacial score (nSPS) is 14.2. The van der Waals surface area contributed by atoms with Crippen molar-refractivity contribution in [2.24, 2.45) is 0 Å². The van der Waals surface area contributed by atoms with Crippen molar-refractivity contribution in [3.63, 3.8) is 0 Å². The Balaban J connectivity index is 1.26. The lowest BCUT2D eigenvalue weighted by Crippen LogP contribution is -2.41. The quantitative estimate of drug-likeness (QED) is 0.377. The van der Waals surface area contributed by atoms with Crippen LogP contribution < -0.4 is 15.0 Å². The van der Waals surface area contributed by atoms with Gasteiger partial charge in [0.1, 0.15) is 5.75 Å². The zero-order valence-electron chi connectivity index (χ0n) is 21.0. The van der Waals surface area contributed by atoms with Crippen LogP contribution >= 0.6 is 0 Å². The average molecular weight is 480 g/mol. The van der Waals surface area contributed by atoms with Crippen molar-refractivity contribution < 1.29 is 9.53 Å². The molecule has 5 nitrogen and oxygen atoms in total. The Morgan fingerprint density at radius 1 is 0.917 bits per heavy atom. The molecule has 1 amide bonds. The Hall–Kier alpha value is -3.83. The van der Waals surface area contributed by atoms with E-state index in [-0.39, 0.29) is 18.6 Å². The van der Waals surface area contributed by atoms with Gasteiger partial charge >= 0.3 is 0 Å². The fraction of sp³-hybridized carbons (Fsp3) is 0.258. The summed E-state index contributed by atoms with van der Waals surface area (Å²) >= 11 is 0. The molecule has 0 bridgehead atoms. The molecule has 5 rings (SSSR count). The van der Waals surface area contributed by atoms with Gasteiger partial charge in [0.2, 0.25) is 0 Å². The van der Waals surface area contributed by atoms with Gasteiger partial charge in [-0.2, -0.15) is 0 Å². The minimum atomic E-state index is -0.115. The zero-order valence-corrected chi connectivity index (χ0v) is 21.0. The SMILES string of the molecule is CN(C)c1ccc(C(CNC(=O)COc2ccc3ccccc3c2)N2CCc3ccccc3C2)cc1. The average Bonchev–Trinajstić information content (AvgIpc) is 2.92. The van der Waals surface area contributed by atoms with Crippen molar-refractivity contribution in [1.29, 1.82) is 0 Å². The molecular weight excluding hydrogens is 446 g/mol. The zero-order chi connectivity index (χ0) is 24.9. The Labute approximate surface area is 213 Å². The number of nitrogens with zero attached hydrogens (tertiary/aromatic N) is 2. The van der Waals surface area contributed by atoms with Crippen LogP contribution in [0.15, 0.2) is 91.0 Å². The van der Waals surface area contributed by atoms with Crippen LogP contribution in [0.25, 0.3) is 10.8 Å². The van der Waals surface area contributed by atoms with E-state index in [9.17, 15) is 4.79 Å². The number of amides is 1. The highest BCUT2D eigenvalue weighted by atomic mass is 16.5. The van der Waals surface area contributed by atoms with E-state index in [0.717, 1.165) is 36.0 Å². The van der Waals surface area contributed by atoms with Crippen LogP contribution in [-0.2, 0) is 17.8 Å². The highest BCUT2D eigenvalue weighted by Crippen LogP contribution is 2.29. The van der Waals surface area contributed by atoms with Gasteiger partial charge in [0.25, 0.3) is 5.91 Å². The van der Waals surface area contributed by atoms with Crippen molar-refractivity contribution >= 4 is 22.4 Å². The van der Waals surface area contributed by atoms with Gasteiger partial charge in [0.15, 0.2) is 6.61 Å². The van der Waals surface area contributed by atoms with Crippen molar-refractivity contribution in [2.75, 3.05) is 38.7 Å². The van der Waals surface area contributed by atoms with Crippen molar-refractivity contribution in [3.8, 4) is 5.75 Å². The summed E-state index contributed by atoms with van der Waals surface area (Å²) in [4.78, 5) is 17.3. The first-order chi connectivity index (χ1) is 17.6. The maximum Gasteiger partial charge on any atom is 0.258 e. The Morgan fingerprint density at radius 2 is 1.64 bits per heavy atom. The molecule has 4 aromatic rings. The summed E-state index contributed by atoms with van der Waals surface area (Å²) < 4.78 is 5.82. The number of hydrogen-bond acceptors (Lipinski definition) is 4. The molecule has 0 saturated carbocycles. The van der Waals surface area contributed by atoms with Crippen molar-refractivity contribution in [1.82, 2.24) is 10.2 Å². The van der Waals surface area contributed by atoms with Crippen molar-refractivity contribution in [3.05, 3.63) is 108 Å². The third-order valence-electron chi connectivity index (χ3n) is 6.98. The predicted molar refractivity (Wildman–Crippen MR) is 147 cm³/mol. The summed E-state index contributed by atoms with van der Waals surface area (Å²) in [5.74, 6) is 0.586. The number of benzene rings is 4. The summed E-state index contributed by atoms with van der Waals surface area (Å²) in [6, 6.07) is 31.4. The molecule has 1 aliphatic rings. The molecule has 184 valence electrons. The summed E-state index contributed by atoms with van der Waals surface area (Å²) in [6.45, 7) is 2.36. The van der Waals surface area contributed by atoms with Gasteiger partial charge in [0.05, 0.1) is 6.04 Å². The van der Waals surface area contributed by atoms with E-state index in [2.05, 4.69) is 69.7 Å². The molecule has 36 heavy (non-hydrogen) atoms. The highest BCUT2D eigenvalue weighted by molar-refractivity contribution is 5.84. The topological polar surface area (TPSA) is 44.8 Å². The predicted octanol–water partition coefficient (Wildman–Crippen LogP) is 5.20. The Morgan fingerprint density at radius 3 is 2.42 bits per heavy atom. The van der Waals surface area contributed by atoms with Gasteiger partial charge in [-0.25, -0.2) is 0 Å². The number of carbonyl (C=O) groups is 1. The summed E-state index contributed by atoms with van der Waals surface area (Å²) in [6.07, 6.45) is 1.02. The number of anilines is 1. The molecule has 0 radical (unpaired) electrons. The smallest absolute Gasteiger partial charge is 0.258 e. The second-order valence-electron chi connectivity index (χ2n) is 9.59. The van der Waals surface area contributed by atoms with E-state index in [1.165, 1.54) is 16.7 Å². The number of ether oxygens (including phenoxy) is 1. The van der Waals surface area contributed by atoms with Gasteiger partial charge in [0, 0.05) is 39.4 Å². The minimum absolute atomic E-state index is 0.00649. The molecular formula is C31H33N3O2. The molecule has 1 atom stereocenters. The molecule has 0 saturated heterocycles. The largest absolute Gasteiger partial charge is 0.484 e. The van der Waals surface area contributed by atoms with E-state index in [1.807, 2.05) is 50.5 Å². The maximum absolute atomic E-state index is 12.8. The number of rotatable bonds is 8. The monoisotopic (exact) mass is 479 g/mol. The first kappa shape index (κ1) is 23.9. The number of hydrogen-bond donors (Lipinski definition) is 1. The molecule has 1 N–H and O–H groups in total. The fourth-order valence-electron chi connectivity index (χ4n) is 4.90. The Bertz CT molecular complexity index is 1330. The molecule has 0 fully saturated rings. The van der Waals surface area contributed by atoms with E-state index >= 15 is 0 Å². The summed E-state index contributed by atoms with van der Waals surface area (Å²) in [7, 11) is 4.09. The number of fused-ring (bicyclic) bond motifs is 2. The van der Waals surface area contributed by atoms with Gasteiger partial charge in [-0.1, -0.05) is 66.7 Å². The van der Waals surface area contributed by atoms with E-state index < -0.39 is 0 Å². The lowest BCUT2D eigenvalue weighted by molar-refractivity contribution is -0.123. The summed E-state index contributed by atoms with van der Waals surface area (Å²) in [5.41, 5.74) is 5.15. The number of carbonyl (C=O) groups excluding carboxylic acids is 1. The van der Waals surface area contributed by atoms with Crippen LogP contribution in [0.1, 0.15) is 22.7 Å². The van der Waals surface area contributed by atoms with E-state index in [0.29, 0.717) is 12.3 Å². The van der Waals surface area contributed by atoms with Crippen LogP contribution in [0.5, 0.6) is 5.75 Å². The van der Waals surface area contributed by atoms with Crippen LogP contribution in [0, 0.1) is 0 Å². The molecule has 0 aliphatic carbocycles. The first-order valence-corrected chi connectivity index (χ1v) is 12.5. The Kier molecular flexibility index (Phi) is 7.19. The molecule has 5 heteroatoms. The standard InChI is InChI=1S/C31H33N3O2/c1-33(2)28-14-11-25(12-15-28)30(34-18-17-24-8-4-6-10-27(24)21-34)20-32-31(35)22-36-29-16-13-23-7-3-5-9-26(23)19-29/h3-16,19,30H,17-18,20-22H2,1-2H3,(H,32,35). The van der Waals surface area contributed by atoms with Gasteiger partial charge in [-0.05, 0) is 58.1 Å². The molecule has 1 aliphatic heterocycles. The maximum atomic E-state index is 12.8. The molecule has 0 spiro atoms. The van der Waals surface area contributed by atoms with Gasteiger partial charge in [-0.15, -0.1) is 0 Å². The summed E-state index contributed by atoms with van der Waals surface area (Å²) in [5, 5.41) is 5.38. The second-order valence-corrected chi connectivity index (χ2v) is 9.59. The first-order valence-electron chi connectivity index (χ1n) is 12.5. The van der Waals surface area contributed by atoms with Crippen molar-refractivity contribution in [2.45, 2.75) is 19.0 Å². The lowest BCUT2D eigenvalue weighted by atomic mass is 9.96. The third kappa shape index (κ3) is 5.52. The van der Waals surface area contributed by atoms with E-state index in [4.69, 9.17) is 4.74 Å². The van der Waals surface area contributed by atoms with Crippen LogP contribution in [0.3, 0.4) is 0 Å². The second kappa shape index (κ2) is 10.8. The van der Waals surface area contributed by atoms with Crippen LogP contribution in [0.2, 0.25) is 0 Å². The molecule has 1 unspecified atom stereocenters. The van der Waals surface area contributed by atoms with Gasteiger partial charge < -0.3 is 15.0 Å². The van der Waals surface area contributed by atoms with Gasteiger partial charge in [-0.3, -0.25) is 9.69 Å². The van der Waals surface area contributed by atoms with Crippen LogP contribution in [0.4, 0.5) is 5.69 Å². The molecule has 4 aromatic carbocycles. The molecule has 1 heterocycles. The van der Waals surface area contributed by atoms with E-state index in [1.54, 1.807) is 0 Å². The lowest BCUT2D eigenvalue weighted by Gasteiger charge is -2.36. The highest BCUT2D eigenvalue weighted by Gasteiger charge is 2.25. The van der Waals surface area contributed by atoms with Crippen LogP contribution in [-0.4, -0.2) is 44.6 Å². The molecule has 0 aromatic heterocycles. The minimum Gasteiger partial charge on any atom is -0.484 e. The fourth-order valence-corrected chi connectivity index (χ4v) is 4.90. The third-order valence-corrected chi connectivity index (χ3v) is 6.98. The number of nitrogens with one attached hydrogen (secondary N) is 1.